The molecule has 26 heavy (non-hydrogen) atoms. The summed E-state index contributed by atoms with van der Waals surface area (Å²) in [5, 5.41) is 12.6. The fourth-order valence-corrected chi connectivity index (χ4v) is 4.12. The van der Waals surface area contributed by atoms with Gasteiger partial charge in [0.1, 0.15) is 10.8 Å². The second-order valence-electron chi connectivity index (χ2n) is 6.67. The van der Waals surface area contributed by atoms with E-state index < -0.39 is 0 Å². The van der Waals surface area contributed by atoms with E-state index in [4.69, 9.17) is 4.74 Å². The average molecular weight is 372 g/mol. The van der Waals surface area contributed by atoms with E-state index in [2.05, 4.69) is 15.5 Å². The monoisotopic (exact) mass is 372 g/mol. The summed E-state index contributed by atoms with van der Waals surface area (Å²) in [5.74, 6) is 0.610. The van der Waals surface area contributed by atoms with Gasteiger partial charge in [-0.05, 0) is 37.1 Å². The van der Waals surface area contributed by atoms with Gasteiger partial charge in [0.15, 0.2) is 0 Å². The van der Waals surface area contributed by atoms with Crippen molar-refractivity contribution in [2.24, 2.45) is 5.92 Å². The number of nitrogens with zero attached hydrogens (tertiary/aromatic N) is 3. The molecule has 0 spiro atoms. The predicted molar refractivity (Wildman–Crippen MR) is 98.6 cm³/mol. The highest BCUT2D eigenvalue weighted by atomic mass is 32.1. The molecule has 2 aromatic rings. The number of benzene rings is 1. The summed E-state index contributed by atoms with van der Waals surface area (Å²) in [6, 6.07) is 7.26. The summed E-state index contributed by atoms with van der Waals surface area (Å²) in [7, 11) is 1.60. The maximum atomic E-state index is 12.5. The van der Waals surface area contributed by atoms with Crippen LogP contribution in [0.5, 0.6) is 5.75 Å². The van der Waals surface area contributed by atoms with Gasteiger partial charge in [0.05, 0.1) is 13.0 Å². The Labute approximate surface area is 155 Å². The van der Waals surface area contributed by atoms with E-state index >= 15 is 0 Å². The molecule has 0 bridgehead atoms. The van der Waals surface area contributed by atoms with Crippen LogP contribution in [0.1, 0.15) is 36.6 Å². The fourth-order valence-electron chi connectivity index (χ4n) is 3.21. The molecular formula is C18H20N4O3S. The standard InChI is InChI=1S/C18H20N4O3S/c1-25-14-7-5-13(6-8-14)22-10-12(9-15(22)23)16(24)19-18-21-20-17(26-18)11-3-2-4-11/h5-8,11-12H,2-4,9-10H2,1H3,(H,19,21,24)/t12-/m1/s1. The van der Waals surface area contributed by atoms with Crippen LogP contribution < -0.4 is 15.0 Å². The Kier molecular flexibility index (Phi) is 4.58. The third kappa shape index (κ3) is 3.29. The van der Waals surface area contributed by atoms with Crippen molar-refractivity contribution in [3.8, 4) is 5.75 Å². The highest BCUT2D eigenvalue weighted by Gasteiger charge is 2.35. The van der Waals surface area contributed by atoms with Gasteiger partial charge in [-0.3, -0.25) is 9.59 Å². The van der Waals surface area contributed by atoms with Crippen molar-refractivity contribution < 1.29 is 14.3 Å². The minimum absolute atomic E-state index is 0.0530. The second kappa shape index (κ2) is 7.03. The molecule has 1 aliphatic carbocycles. The van der Waals surface area contributed by atoms with Gasteiger partial charge in [-0.2, -0.15) is 0 Å². The molecule has 2 heterocycles. The topological polar surface area (TPSA) is 84.4 Å². The molecule has 136 valence electrons. The lowest BCUT2D eigenvalue weighted by Crippen LogP contribution is -2.28. The zero-order valence-corrected chi connectivity index (χ0v) is 15.3. The molecule has 0 radical (unpaired) electrons. The van der Waals surface area contributed by atoms with Gasteiger partial charge < -0.3 is 15.0 Å². The van der Waals surface area contributed by atoms with Crippen LogP contribution in [0.3, 0.4) is 0 Å². The molecule has 2 fully saturated rings. The van der Waals surface area contributed by atoms with E-state index in [1.54, 1.807) is 24.1 Å². The van der Waals surface area contributed by atoms with Gasteiger partial charge in [-0.15, -0.1) is 10.2 Å². The van der Waals surface area contributed by atoms with E-state index in [9.17, 15) is 9.59 Å². The Morgan fingerprint density at radius 2 is 2.04 bits per heavy atom. The van der Waals surface area contributed by atoms with E-state index in [0.29, 0.717) is 17.6 Å². The number of ether oxygens (including phenoxy) is 1. The fraction of sp³-hybridized carbons (Fsp3) is 0.444. The van der Waals surface area contributed by atoms with E-state index in [0.717, 1.165) is 29.3 Å². The van der Waals surface area contributed by atoms with Gasteiger partial charge in [0, 0.05) is 24.6 Å². The summed E-state index contributed by atoms with van der Waals surface area (Å²) < 4.78 is 5.14. The minimum atomic E-state index is -0.388. The smallest absolute Gasteiger partial charge is 0.231 e. The summed E-state index contributed by atoms with van der Waals surface area (Å²) >= 11 is 1.44. The summed E-state index contributed by atoms with van der Waals surface area (Å²) in [6.07, 6.45) is 3.73. The number of nitrogens with one attached hydrogen (secondary N) is 1. The molecule has 7 nitrogen and oxygen atoms in total. The lowest BCUT2D eigenvalue weighted by atomic mass is 9.86. The third-order valence-electron chi connectivity index (χ3n) is 5.01. The van der Waals surface area contributed by atoms with Crippen LogP contribution in [-0.2, 0) is 9.59 Å². The van der Waals surface area contributed by atoms with Crippen molar-refractivity contribution in [3.05, 3.63) is 29.3 Å². The van der Waals surface area contributed by atoms with Crippen molar-refractivity contribution in [2.75, 3.05) is 23.9 Å². The lowest BCUT2D eigenvalue weighted by Gasteiger charge is -2.21. The largest absolute Gasteiger partial charge is 0.497 e. The number of rotatable bonds is 5. The van der Waals surface area contributed by atoms with Crippen LogP contribution in [0.25, 0.3) is 0 Å². The minimum Gasteiger partial charge on any atom is -0.497 e. The third-order valence-corrected chi connectivity index (χ3v) is 6.01. The van der Waals surface area contributed by atoms with Gasteiger partial charge in [-0.25, -0.2) is 0 Å². The maximum absolute atomic E-state index is 12.5. The lowest BCUT2D eigenvalue weighted by molar-refractivity contribution is -0.122. The van der Waals surface area contributed by atoms with Gasteiger partial charge >= 0.3 is 0 Å². The molecule has 8 heteroatoms. The number of aromatic nitrogens is 2. The molecule has 1 aromatic carbocycles. The van der Waals surface area contributed by atoms with Gasteiger partial charge in [-0.1, -0.05) is 17.8 Å². The average Bonchev–Trinajstić information content (AvgIpc) is 3.20. The molecule has 2 amide bonds. The Bertz CT molecular complexity index is 816. The van der Waals surface area contributed by atoms with Crippen molar-refractivity contribution in [1.29, 1.82) is 0 Å². The highest BCUT2D eigenvalue weighted by molar-refractivity contribution is 7.15. The first kappa shape index (κ1) is 17.0. The normalized spacial score (nSPS) is 20.1. The van der Waals surface area contributed by atoms with Crippen LogP contribution in [0.15, 0.2) is 24.3 Å². The number of hydrogen-bond acceptors (Lipinski definition) is 6. The van der Waals surface area contributed by atoms with Crippen LogP contribution in [-0.4, -0.2) is 35.7 Å². The molecule has 2 aliphatic rings. The molecule has 1 N–H and O–H groups in total. The van der Waals surface area contributed by atoms with Crippen LogP contribution in [0, 0.1) is 5.92 Å². The Hall–Kier alpha value is -2.48. The first-order chi connectivity index (χ1) is 12.6. The molecule has 1 aromatic heterocycles. The molecule has 1 saturated heterocycles. The molecule has 4 rings (SSSR count). The number of amides is 2. The maximum Gasteiger partial charge on any atom is 0.231 e. The zero-order chi connectivity index (χ0) is 18.1. The summed E-state index contributed by atoms with van der Waals surface area (Å²) in [6.45, 7) is 0.366. The summed E-state index contributed by atoms with van der Waals surface area (Å²) in [5.41, 5.74) is 0.772. The Morgan fingerprint density at radius 1 is 1.27 bits per heavy atom. The molecular weight excluding hydrogens is 352 g/mol. The van der Waals surface area contributed by atoms with Gasteiger partial charge in [0.2, 0.25) is 16.9 Å². The van der Waals surface area contributed by atoms with E-state index in [1.165, 1.54) is 17.8 Å². The predicted octanol–water partition coefficient (Wildman–Crippen LogP) is 2.81. The molecule has 1 atom stereocenters. The van der Waals surface area contributed by atoms with Crippen molar-refractivity contribution in [2.45, 2.75) is 31.6 Å². The highest BCUT2D eigenvalue weighted by Crippen LogP contribution is 2.38. The van der Waals surface area contributed by atoms with Crippen molar-refractivity contribution in [3.63, 3.8) is 0 Å². The molecule has 0 unspecified atom stereocenters. The quantitative estimate of drug-likeness (QED) is 0.872. The second-order valence-corrected chi connectivity index (χ2v) is 7.68. The van der Waals surface area contributed by atoms with Crippen LogP contribution >= 0.6 is 11.3 Å². The number of carbonyl (C=O) groups excluding carboxylic acids is 2. The number of hydrogen-bond donors (Lipinski definition) is 1. The number of anilines is 2. The Morgan fingerprint density at radius 3 is 2.69 bits per heavy atom. The summed E-state index contributed by atoms with van der Waals surface area (Å²) in [4.78, 5) is 26.5. The van der Waals surface area contributed by atoms with E-state index in [1.807, 2.05) is 12.1 Å². The number of methoxy groups -OCH3 is 1. The van der Waals surface area contributed by atoms with E-state index in [-0.39, 0.29) is 24.2 Å². The number of carbonyl (C=O) groups is 2. The van der Waals surface area contributed by atoms with Crippen molar-refractivity contribution >= 4 is 34.0 Å². The van der Waals surface area contributed by atoms with Crippen LogP contribution in [0.2, 0.25) is 0 Å². The zero-order valence-electron chi connectivity index (χ0n) is 14.5. The first-order valence-corrected chi connectivity index (χ1v) is 9.54. The van der Waals surface area contributed by atoms with Gasteiger partial charge in [0.25, 0.3) is 0 Å². The van der Waals surface area contributed by atoms with Crippen LogP contribution in [0.4, 0.5) is 10.8 Å². The SMILES string of the molecule is COc1ccc(N2C[C@H](C(=O)Nc3nnc(C4CCC4)s3)CC2=O)cc1. The Balaban J connectivity index is 1.39. The molecule has 1 aliphatic heterocycles. The molecule has 1 saturated carbocycles. The van der Waals surface area contributed by atoms with Crippen molar-refractivity contribution in [1.82, 2.24) is 10.2 Å². The first-order valence-electron chi connectivity index (χ1n) is 8.72.